The van der Waals surface area contributed by atoms with Gasteiger partial charge in [-0.25, -0.2) is 0 Å². The summed E-state index contributed by atoms with van der Waals surface area (Å²) < 4.78 is 0. The van der Waals surface area contributed by atoms with Crippen molar-refractivity contribution in [1.82, 2.24) is 5.32 Å². The molecule has 0 aromatic heterocycles. The molecule has 2 rings (SSSR count). The van der Waals surface area contributed by atoms with Gasteiger partial charge in [-0.1, -0.05) is 25.7 Å². The van der Waals surface area contributed by atoms with Gasteiger partial charge in [-0.2, -0.15) is 0 Å². The molecule has 1 aliphatic carbocycles. The number of rotatable bonds is 2. The molecule has 0 unspecified atom stereocenters. The maximum atomic E-state index is 12.0. The summed E-state index contributed by atoms with van der Waals surface area (Å²) in [5.74, 6) is -0.580. The molecule has 4 heteroatoms. The van der Waals surface area contributed by atoms with Crippen molar-refractivity contribution in [3.05, 3.63) is 29.8 Å². The van der Waals surface area contributed by atoms with Crippen molar-refractivity contribution in [3.63, 3.8) is 0 Å². The summed E-state index contributed by atoms with van der Waals surface area (Å²) in [6.07, 6.45) is 6.25. The van der Waals surface area contributed by atoms with Crippen molar-refractivity contribution in [2.75, 3.05) is 5.73 Å². The number of nitrogens with one attached hydrogen (secondary N) is 1. The van der Waals surface area contributed by atoms with Crippen LogP contribution in [0.1, 0.15) is 48.9 Å². The molecule has 0 atom stereocenters. The Morgan fingerprint density at radius 2 is 1.84 bits per heavy atom. The summed E-state index contributed by atoms with van der Waals surface area (Å²) in [4.78, 5) is 24.0. The Balaban J connectivity index is 1.96. The highest BCUT2D eigenvalue weighted by atomic mass is 16.2. The summed E-state index contributed by atoms with van der Waals surface area (Å²) >= 11 is 0. The minimum atomic E-state index is -0.391. The normalized spacial score (nSPS) is 16.6. The van der Waals surface area contributed by atoms with Gasteiger partial charge in [0, 0.05) is 17.2 Å². The molecular formula is C15H19N2O2. The molecule has 0 heterocycles. The highest BCUT2D eigenvalue weighted by molar-refractivity contribution is 6.05. The maximum Gasteiger partial charge on any atom is 0.257 e. The largest absolute Gasteiger partial charge is 0.399 e. The number of hydrogen-bond acceptors (Lipinski definition) is 3. The van der Waals surface area contributed by atoms with Crippen LogP contribution in [0.3, 0.4) is 0 Å². The Bertz CT molecular complexity index is 463. The molecule has 0 bridgehead atoms. The number of nitrogens with two attached hydrogens (primary N) is 1. The van der Waals surface area contributed by atoms with E-state index in [-0.39, 0.29) is 11.8 Å². The second-order valence-corrected chi connectivity index (χ2v) is 5.06. The van der Waals surface area contributed by atoms with Gasteiger partial charge >= 0.3 is 0 Å². The molecule has 1 radical (unpaired) electrons. The Morgan fingerprint density at radius 3 is 2.47 bits per heavy atom. The minimum Gasteiger partial charge on any atom is -0.399 e. The molecule has 1 aromatic rings. The zero-order chi connectivity index (χ0) is 13.7. The first-order valence-corrected chi connectivity index (χ1v) is 6.78. The minimum absolute atomic E-state index is 0.0310. The van der Waals surface area contributed by atoms with Gasteiger partial charge in [-0.3, -0.25) is 14.9 Å². The van der Waals surface area contributed by atoms with Crippen LogP contribution in [-0.4, -0.2) is 11.8 Å². The van der Waals surface area contributed by atoms with Gasteiger partial charge in [0.1, 0.15) is 0 Å². The summed E-state index contributed by atoms with van der Waals surface area (Å²) in [6, 6.07) is 7.44. The fourth-order valence-corrected chi connectivity index (χ4v) is 2.45. The smallest absolute Gasteiger partial charge is 0.257 e. The average Bonchev–Trinajstić information content (AvgIpc) is 2.67. The number of hydrogen-bond donors (Lipinski definition) is 2. The van der Waals surface area contributed by atoms with Crippen LogP contribution in [0.4, 0.5) is 5.69 Å². The van der Waals surface area contributed by atoms with E-state index in [2.05, 4.69) is 11.4 Å². The van der Waals surface area contributed by atoms with Crippen LogP contribution in [0.2, 0.25) is 0 Å². The Kier molecular flexibility index (Phi) is 4.55. The van der Waals surface area contributed by atoms with Crippen molar-refractivity contribution < 1.29 is 9.59 Å². The molecule has 0 saturated heterocycles. The van der Waals surface area contributed by atoms with Crippen molar-refractivity contribution in [1.29, 1.82) is 0 Å². The summed E-state index contributed by atoms with van der Waals surface area (Å²) in [5.41, 5.74) is 6.44. The van der Waals surface area contributed by atoms with Crippen molar-refractivity contribution in [2.45, 2.75) is 38.5 Å². The third kappa shape index (κ3) is 3.81. The maximum absolute atomic E-state index is 12.0. The van der Waals surface area contributed by atoms with E-state index < -0.39 is 5.91 Å². The van der Waals surface area contributed by atoms with Crippen molar-refractivity contribution in [3.8, 4) is 0 Å². The molecular weight excluding hydrogens is 240 g/mol. The first-order chi connectivity index (χ1) is 9.16. The van der Waals surface area contributed by atoms with Crippen molar-refractivity contribution >= 4 is 17.5 Å². The first kappa shape index (κ1) is 13.6. The first-order valence-electron chi connectivity index (χ1n) is 6.78. The van der Waals surface area contributed by atoms with Crippen LogP contribution in [0.25, 0.3) is 0 Å². The van der Waals surface area contributed by atoms with E-state index in [0.717, 1.165) is 25.7 Å². The molecule has 1 aliphatic rings. The standard InChI is InChI=1S/C15H19N2O2/c16-13-9-5-8-12(10-13)15(19)17-14(18)11-6-3-1-2-4-7-11/h8-11H,1-4,6-7,16H2,(H,17,18,19). The van der Waals surface area contributed by atoms with E-state index >= 15 is 0 Å². The van der Waals surface area contributed by atoms with E-state index in [9.17, 15) is 9.59 Å². The highest BCUT2D eigenvalue weighted by Crippen LogP contribution is 2.23. The Hall–Kier alpha value is -1.84. The Labute approximate surface area is 113 Å². The summed E-state index contributed by atoms with van der Waals surface area (Å²) in [6.45, 7) is 0. The van der Waals surface area contributed by atoms with Gasteiger partial charge in [-0.05, 0) is 37.1 Å². The van der Waals surface area contributed by atoms with Crippen molar-refractivity contribution in [2.24, 2.45) is 5.92 Å². The van der Waals surface area contributed by atoms with E-state index in [0.29, 0.717) is 11.3 Å². The van der Waals surface area contributed by atoms with E-state index in [1.807, 2.05) is 0 Å². The third-order valence-corrected chi connectivity index (χ3v) is 3.54. The predicted molar refractivity (Wildman–Crippen MR) is 73.4 cm³/mol. The SMILES string of the molecule is Nc1c[c]cc(C(=O)NC(=O)C2CCCCCC2)c1. The van der Waals surface area contributed by atoms with Gasteiger partial charge < -0.3 is 5.73 Å². The van der Waals surface area contributed by atoms with Gasteiger partial charge in [0.2, 0.25) is 5.91 Å². The van der Waals surface area contributed by atoms with Gasteiger partial charge in [-0.15, -0.1) is 0 Å². The second kappa shape index (κ2) is 6.36. The highest BCUT2D eigenvalue weighted by Gasteiger charge is 2.22. The van der Waals surface area contributed by atoms with Crippen LogP contribution < -0.4 is 11.1 Å². The van der Waals surface area contributed by atoms with Gasteiger partial charge in [0.15, 0.2) is 0 Å². The lowest BCUT2D eigenvalue weighted by Gasteiger charge is -2.13. The lowest BCUT2D eigenvalue weighted by Crippen LogP contribution is -2.35. The molecule has 4 nitrogen and oxygen atoms in total. The quantitative estimate of drug-likeness (QED) is 0.486. The molecule has 1 fully saturated rings. The number of amides is 2. The molecule has 2 amide bonds. The van der Waals surface area contributed by atoms with E-state index in [1.54, 1.807) is 12.1 Å². The lowest BCUT2D eigenvalue weighted by atomic mass is 9.99. The van der Waals surface area contributed by atoms with Gasteiger partial charge in [0.05, 0.1) is 0 Å². The number of benzene rings is 1. The molecule has 1 aromatic carbocycles. The fraction of sp³-hybridized carbons (Fsp3) is 0.467. The third-order valence-electron chi connectivity index (χ3n) is 3.54. The number of carbonyl (C=O) groups excluding carboxylic acids is 2. The zero-order valence-electron chi connectivity index (χ0n) is 10.9. The molecule has 0 aliphatic heterocycles. The van der Waals surface area contributed by atoms with E-state index in [4.69, 9.17) is 5.73 Å². The molecule has 1 saturated carbocycles. The number of nitrogen functional groups attached to an aromatic ring is 1. The second-order valence-electron chi connectivity index (χ2n) is 5.06. The topological polar surface area (TPSA) is 72.2 Å². The molecule has 19 heavy (non-hydrogen) atoms. The average molecular weight is 259 g/mol. The summed E-state index contributed by atoms with van der Waals surface area (Å²) in [5, 5.41) is 2.47. The van der Waals surface area contributed by atoms with Crippen LogP contribution in [0, 0.1) is 12.0 Å². The van der Waals surface area contributed by atoms with Gasteiger partial charge in [0.25, 0.3) is 5.91 Å². The fourth-order valence-electron chi connectivity index (χ4n) is 2.45. The molecule has 0 spiro atoms. The van der Waals surface area contributed by atoms with Crippen LogP contribution in [0.5, 0.6) is 0 Å². The van der Waals surface area contributed by atoms with Crippen LogP contribution >= 0.6 is 0 Å². The predicted octanol–water partition coefficient (Wildman–Crippen LogP) is 2.30. The number of anilines is 1. The number of imide groups is 1. The van der Waals surface area contributed by atoms with Crippen LogP contribution in [-0.2, 0) is 4.79 Å². The molecule has 101 valence electrons. The Morgan fingerprint density at radius 1 is 1.16 bits per heavy atom. The monoisotopic (exact) mass is 259 g/mol. The lowest BCUT2D eigenvalue weighted by molar-refractivity contribution is -0.124. The van der Waals surface area contributed by atoms with E-state index in [1.165, 1.54) is 18.9 Å². The number of carbonyl (C=O) groups is 2. The molecule has 3 N–H and O–H groups in total. The summed E-state index contributed by atoms with van der Waals surface area (Å²) in [7, 11) is 0. The van der Waals surface area contributed by atoms with Crippen LogP contribution in [0.15, 0.2) is 18.2 Å². The zero-order valence-corrected chi connectivity index (χ0v) is 10.9.